The van der Waals surface area contributed by atoms with Gasteiger partial charge in [-0.15, -0.1) is 0 Å². The van der Waals surface area contributed by atoms with E-state index in [0.29, 0.717) is 13.0 Å². The summed E-state index contributed by atoms with van der Waals surface area (Å²) in [6.07, 6.45) is 4.59. The van der Waals surface area contributed by atoms with Crippen LogP contribution in [-0.2, 0) is 17.9 Å². The van der Waals surface area contributed by atoms with E-state index in [1.807, 2.05) is 23.1 Å². The lowest BCUT2D eigenvalue weighted by molar-refractivity contribution is -0.132. The molecule has 2 fully saturated rings. The maximum atomic E-state index is 13.6. The van der Waals surface area contributed by atoms with E-state index in [1.165, 1.54) is 11.6 Å². The van der Waals surface area contributed by atoms with Crippen molar-refractivity contribution in [3.63, 3.8) is 0 Å². The number of carbonyl (C=O) groups is 1. The summed E-state index contributed by atoms with van der Waals surface area (Å²) in [6, 6.07) is 14.9. The van der Waals surface area contributed by atoms with Crippen LogP contribution in [0.25, 0.3) is 0 Å². The Labute approximate surface area is 172 Å². The number of methoxy groups -OCH3 is 1. The van der Waals surface area contributed by atoms with E-state index >= 15 is 0 Å². The summed E-state index contributed by atoms with van der Waals surface area (Å²) in [6.45, 7) is 3.43. The third-order valence-corrected chi connectivity index (χ3v) is 6.48. The normalized spacial score (nSPS) is 22.8. The number of hydrogen-bond acceptors (Lipinski definition) is 3. The minimum Gasteiger partial charge on any atom is -0.497 e. The maximum Gasteiger partial charge on any atom is 0.223 e. The van der Waals surface area contributed by atoms with Gasteiger partial charge >= 0.3 is 0 Å². The fraction of sp³-hybridized carbons (Fsp3) is 0.458. The standard InChI is InChI=1S/C24H29FN2O2/c1-29-22-8-6-19(7-9-22)17-26-14-3-11-24(13-15-26)12-10-23(28)27(24)18-20-4-2-5-21(25)16-20/h2,4-9,16H,3,10-15,17-18H2,1H3/t24-/m1/s1. The van der Waals surface area contributed by atoms with Crippen molar-refractivity contribution < 1.29 is 13.9 Å². The Morgan fingerprint density at radius 1 is 1.00 bits per heavy atom. The summed E-state index contributed by atoms with van der Waals surface area (Å²) in [5.41, 5.74) is 2.07. The SMILES string of the molecule is COc1ccc(CN2CCC[C@@]3(CCC(=O)N3Cc3cccc(F)c3)CC2)cc1. The summed E-state index contributed by atoms with van der Waals surface area (Å²) in [5.74, 6) is 0.841. The Balaban J connectivity index is 1.44. The van der Waals surface area contributed by atoms with Gasteiger partial charge in [0, 0.05) is 31.6 Å². The maximum absolute atomic E-state index is 13.6. The Morgan fingerprint density at radius 2 is 1.83 bits per heavy atom. The third-order valence-electron chi connectivity index (χ3n) is 6.48. The van der Waals surface area contributed by atoms with Gasteiger partial charge in [0.2, 0.25) is 5.91 Å². The monoisotopic (exact) mass is 396 g/mol. The first-order valence-electron chi connectivity index (χ1n) is 10.5. The number of benzene rings is 2. The Bertz CT molecular complexity index is 854. The number of halogens is 1. The molecular formula is C24H29FN2O2. The Kier molecular flexibility index (Phi) is 5.86. The highest BCUT2D eigenvalue weighted by molar-refractivity contribution is 5.79. The van der Waals surface area contributed by atoms with Crippen molar-refractivity contribution in [1.29, 1.82) is 0 Å². The molecule has 154 valence electrons. The van der Waals surface area contributed by atoms with Crippen LogP contribution in [-0.4, -0.2) is 41.4 Å². The van der Waals surface area contributed by atoms with Gasteiger partial charge in [-0.25, -0.2) is 4.39 Å². The summed E-state index contributed by atoms with van der Waals surface area (Å²) >= 11 is 0. The summed E-state index contributed by atoms with van der Waals surface area (Å²) in [5, 5.41) is 0. The van der Waals surface area contributed by atoms with E-state index in [2.05, 4.69) is 17.0 Å². The molecule has 2 aromatic rings. The molecule has 4 rings (SSSR count). The summed E-state index contributed by atoms with van der Waals surface area (Å²) in [7, 11) is 1.68. The van der Waals surface area contributed by atoms with Gasteiger partial charge in [0.15, 0.2) is 0 Å². The second-order valence-corrected chi connectivity index (χ2v) is 8.31. The van der Waals surface area contributed by atoms with E-state index < -0.39 is 0 Å². The minimum atomic E-state index is -0.241. The molecule has 2 aliphatic rings. The molecule has 0 unspecified atom stereocenters. The van der Waals surface area contributed by atoms with Crippen LogP contribution in [0, 0.1) is 5.82 Å². The van der Waals surface area contributed by atoms with Crippen molar-refractivity contribution in [1.82, 2.24) is 9.80 Å². The van der Waals surface area contributed by atoms with Gasteiger partial charge in [0.05, 0.1) is 7.11 Å². The van der Waals surface area contributed by atoms with Crippen molar-refractivity contribution in [3.05, 3.63) is 65.5 Å². The molecule has 0 saturated carbocycles. The van der Waals surface area contributed by atoms with Gasteiger partial charge in [-0.05, 0) is 67.6 Å². The minimum absolute atomic E-state index is 0.0853. The fourth-order valence-electron chi connectivity index (χ4n) is 4.85. The first-order chi connectivity index (χ1) is 14.1. The molecule has 1 atom stereocenters. The molecule has 4 nitrogen and oxygen atoms in total. The number of rotatable bonds is 5. The van der Waals surface area contributed by atoms with Crippen LogP contribution in [0.3, 0.4) is 0 Å². The van der Waals surface area contributed by atoms with Crippen molar-refractivity contribution in [2.45, 2.75) is 50.7 Å². The number of amides is 1. The molecule has 2 heterocycles. The first-order valence-corrected chi connectivity index (χ1v) is 10.5. The predicted molar refractivity (Wildman–Crippen MR) is 111 cm³/mol. The van der Waals surface area contributed by atoms with Crippen LogP contribution in [0.1, 0.15) is 43.2 Å². The van der Waals surface area contributed by atoms with Crippen molar-refractivity contribution >= 4 is 5.91 Å². The molecule has 0 N–H and O–H groups in total. The average Bonchev–Trinajstić information content (AvgIpc) is 2.89. The summed E-state index contributed by atoms with van der Waals surface area (Å²) in [4.78, 5) is 17.2. The van der Waals surface area contributed by atoms with E-state index in [0.717, 1.165) is 56.6 Å². The van der Waals surface area contributed by atoms with Crippen LogP contribution in [0.4, 0.5) is 4.39 Å². The molecule has 2 saturated heterocycles. The molecule has 1 amide bonds. The largest absolute Gasteiger partial charge is 0.497 e. The topological polar surface area (TPSA) is 32.8 Å². The molecule has 29 heavy (non-hydrogen) atoms. The van der Waals surface area contributed by atoms with E-state index in [-0.39, 0.29) is 17.3 Å². The van der Waals surface area contributed by atoms with Crippen LogP contribution >= 0.6 is 0 Å². The van der Waals surface area contributed by atoms with Crippen LogP contribution in [0.15, 0.2) is 48.5 Å². The highest BCUT2D eigenvalue weighted by Crippen LogP contribution is 2.40. The van der Waals surface area contributed by atoms with Gasteiger partial charge in [-0.1, -0.05) is 24.3 Å². The Hall–Kier alpha value is -2.40. The molecule has 0 aliphatic carbocycles. The van der Waals surface area contributed by atoms with Crippen molar-refractivity contribution in [3.8, 4) is 5.75 Å². The van der Waals surface area contributed by atoms with Crippen molar-refractivity contribution in [2.75, 3.05) is 20.2 Å². The lowest BCUT2D eigenvalue weighted by Gasteiger charge is -2.38. The lowest BCUT2D eigenvalue weighted by Crippen LogP contribution is -2.45. The van der Waals surface area contributed by atoms with Crippen LogP contribution in [0.5, 0.6) is 5.75 Å². The van der Waals surface area contributed by atoms with E-state index in [1.54, 1.807) is 19.2 Å². The number of likely N-dealkylation sites (tertiary alicyclic amines) is 2. The van der Waals surface area contributed by atoms with Gasteiger partial charge in [0.1, 0.15) is 11.6 Å². The van der Waals surface area contributed by atoms with Gasteiger partial charge in [-0.2, -0.15) is 0 Å². The van der Waals surface area contributed by atoms with Gasteiger partial charge in [-0.3, -0.25) is 9.69 Å². The van der Waals surface area contributed by atoms with E-state index in [9.17, 15) is 9.18 Å². The van der Waals surface area contributed by atoms with Gasteiger partial charge < -0.3 is 9.64 Å². The molecule has 0 bridgehead atoms. The molecule has 0 aromatic heterocycles. The molecule has 0 radical (unpaired) electrons. The fourth-order valence-corrected chi connectivity index (χ4v) is 4.85. The highest BCUT2D eigenvalue weighted by Gasteiger charge is 2.45. The zero-order valence-corrected chi connectivity index (χ0v) is 17.1. The lowest BCUT2D eigenvalue weighted by atomic mass is 9.87. The molecule has 5 heteroatoms. The second-order valence-electron chi connectivity index (χ2n) is 8.31. The third kappa shape index (κ3) is 4.45. The molecular weight excluding hydrogens is 367 g/mol. The van der Waals surface area contributed by atoms with Crippen molar-refractivity contribution in [2.24, 2.45) is 0 Å². The smallest absolute Gasteiger partial charge is 0.223 e. The first kappa shape index (κ1) is 19.9. The number of ether oxygens (including phenoxy) is 1. The van der Waals surface area contributed by atoms with Gasteiger partial charge in [0.25, 0.3) is 0 Å². The molecule has 1 spiro atoms. The molecule has 2 aromatic carbocycles. The average molecular weight is 397 g/mol. The predicted octanol–water partition coefficient (Wildman–Crippen LogP) is 4.38. The number of nitrogens with zero attached hydrogens (tertiary/aromatic N) is 2. The summed E-state index contributed by atoms with van der Waals surface area (Å²) < 4.78 is 18.9. The zero-order chi connectivity index (χ0) is 20.3. The second kappa shape index (κ2) is 8.54. The Morgan fingerprint density at radius 3 is 2.59 bits per heavy atom. The van der Waals surface area contributed by atoms with E-state index in [4.69, 9.17) is 4.74 Å². The number of carbonyl (C=O) groups excluding carboxylic acids is 1. The zero-order valence-electron chi connectivity index (χ0n) is 17.1. The van der Waals surface area contributed by atoms with Crippen LogP contribution in [0.2, 0.25) is 0 Å². The number of hydrogen-bond donors (Lipinski definition) is 0. The highest BCUT2D eigenvalue weighted by atomic mass is 19.1. The molecule has 2 aliphatic heterocycles. The quantitative estimate of drug-likeness (QED) is 0.752. The van der Waals surface area contributed by atoms with Crippen LogP contribution < -0.4 is 4.74 Å².